The highest BCUT2D eigenvalue weighted by Crippen LogP contribution is 2.40. The van der Waals surface area contributed by atoms with Crippen LogP contribution >= 0.6 is 11.8 Å². The molecule has 19 heavy (non-hydrogen) atoms. The van der Waals surface area contributed by atoms with E-state index in [0.29, 0.717) is 13.0 Å². The van der Waals surface area contributed by atoms with Crippen molar-refractivity contribution in [2.45, 2.75) is 62.7 Å². The average Bonchev–Trinajstić information content (AvgIpc) is 2.76. The van der Waals surface area contributed by atoms with Crippen molar-refractivity contribution in [3.05, 3.63) is 0 Å². The Morgan fingerprint density at radius 2 is 1.95 bits per heavy atom. The fraction of sp³-hybridized carbons (Fsp3) is 0.857. The van der Waals surface area contributed by atoms with Gasteiger partial charge >= 0.3 is 5.97 Å². The molecule has 0 radical (unpaired) electrons. The Morgan fingerprint density at radius 1 is 1.21 bits per heavy atom. The van der Waals surface area contributed by atoms with Crippen LogP contribution in [-0.4, -0.2) is 45.0 Å². The number of nitrogens with zero attached hydrogens (tertiary/aromatic N) is 1. The molecular weight excluding hydrogens is 262 g/mol. The Labute approximate surface area is 118 Å². The van der Waals surface area contributed by atoms with Gasteiger partial charge in [-0.1, -0.05) is 19.3 Å². The van der Waals surface area contributed by atoms with E-state index in [1.807, 2.05) is 6.92 Å². The summed E-state index contributed by atoms with van der Waals surface area (Å²) in [5.74, 6) is 0.208. The lowest BCUT2D eigenvalue weighted by Gasteiger charge is -2.36. The first-order chi connectivity index (χ1) is 9.04. The molecule has 0 aromatic heterocycles. The predicted octanol–water partition coefficient (Wildman–Crippen LogP) is 2.52. The monoisotopic (exact) mass is 285 g/mol. The molecule has 2 aliphatic rings. The molecule has 2 atom stereocenters. The molecule has 2 saturated heterocycles. The number of likely N-dealkylation sites (tertiary alicyclic amines) is 1. The van der Waals surface area contributed by atoms with Gasteiger partial charge < -0.3 is 10.0 Å². The van der Waals surface area contributed by atoms with Gasteiger partial charge in [0.2, 0.25) is 5.91 Å². The van der Waals surface area contributed by atoms with E-state index in [9.17, 15) is 14.7 Å². The number of carbonyl (C=O) groups is 2. The lowest BCUT2D eigenvalue weighted by molar-refractivity contribution is -0.151. The molecule has 2 unspecified atom stereocenters. The van der Waals surface area contributed by atoms with Crippen LogP contribution in [0, 0.1) is 0 Å². The van der Waals surface area contributed by atoms with Gasteiger partial charge in [0.15, 0.2) is 0 Å². The maximum absolute atomic E-state index is 12.7. The Kier molecular flexibility index (Phi) is 4.76. The Hall–Kier alpha value is -0.710. The first-order valence-electron chi connectivity index (χ1n) is 7.22. The molecule has 2 aliphatic heterocycles. The number of amides is 1. The van der Waals surface area contributed by atoms with Crippen LogP contribution in [0.3, 0.4) is 0 Å². The van der Waals surface area contributed by atoms with E-state index in [-0.39, 0.29) is 5.91 Å². The van der Waals surface area contributed by atoms with Gasteiger partial charge in [0.25, 0.3) is 0 Å². The van der Waals surface area contributed by atoms with Gasteiger partial charge in [0.05, 0.1) is 4.75 Å². The maximum atomic E-state index is 12.7. The van der Waals surface area contributed by atoms with Gasteiger partial charge in [-0.25, -0.2) is 4.79 Å². The van der Waals surface area contributed by atoms with Crippen LogP contribution in [0.2, 0.25) is 0 Å². The summed E-state index contributed by atoms with van der Waals surface area (Å²) in [7, 11) is 0. The highest BCUT2D eigenvalue weighted by molar-refractivity contribution is 8.01. The van der Waals surface area contributed by atoms with Gasteiger partial charge in [-0.3, -0.25) is 4.79 Å². The topological polar surface area (TPSA) is 57.6 Å². The zero-order valence-corrected chi connectivity index (χ0v) is 12.4. The molecule has 2 heterocycles. The van der Waals surface area contributed by atoms with Crippen molar-refractivity contribution in [2.75, 3.05) is 12.3 Å². The van der Waals surface area contributed by atoms with Crippen molar-refractivity contribution in [3.63, 3.8) is 0 Å². The van der Waals surface area contributed by atoms with Gasteiger partial charge in [-0.15, -0.1) is 11.8 Å². The van der Waals surface area contributed by atoms with E-state index in [0.717, 1.165) is 44.3 Å². The van der Waals surface area contributed by atoms with E-state index < -0.39 is 16.8 Å². The Balaban J connectivity index is 2.16. The fourth-order valence-electron chi connectivity index (χ4n) is 3.04. The molecule has 108 valence electrons. The molecule has 2 rings (SSSR count). The number of rotatable bonds is 2. The van der Waals surface area contributed by atoms with Crippen molar-refractivity contribution in [1.82, 2.24) is 4.90 Å². The molecule has 0 aromatic rings. The van der Waals surface area contributed by atoms with Gasteiger partial charge in [-0.2, -0.15) is 0 Å². The molecule has 4 nitrogen and oxygen atoms in total. The summed E-state index contributed by atoms with van der Waals surface area (Å²) < 4.78 is -0.396. The summed E-state index contributed by atoms with van der Waals surface area (Å²) in [6, 6.07) is -0.620. The van der Waals surface area contributed by atoms with Crippen LogP contribution in [-0.2, 0) is 9.59 Å². The normalized spacial score (nSPS) is 32.7. The van der Waals surface area contributed by atoms with Crippen LogP contribution in [0.1, 0.15) is 51.9 Å². The third-order valence-electron chi connectivity index (χ3n) is 4.22. The summed E-state index contributed by atoms with van der Waals surface area (Å²) in [6.45, 7) is 2.58. The van der Waals surface area contributed by atoms with Crippen molar-refractivity contribution >= 4 is 23.6 Å². The van der Waals surface area contributed by atoms with Gasteiger partial charge in [0.1, 0.15) is 6.04 Å². The molecule has 0 aliphatic carbocycles. The first-order valence-corrected chi connectivity index (χ1v) is 8.21. The number of carboxylic acid groups (broad SMARTS) is 1. The summed E-state index contributed by atoms with van der Waals surface area (Å²) in [5, 5.41) is 9.40. The summed E-state index contributed by atoms with van der Waals surface area (Å²) in [4.78, 5) is 25.8. The van der Waals surface area contributed by atoms with E-state index in [1.165, 1.54) is 0 Å². The quantitative estimate of drug-likeness (QED) is 0.847. The molecule has 0 spiro atoms. The number of hydrogen-bond acceptors (Lipinski definition) is 3. The highest BCUT2D eigenvalue weighted by atomic mass is 32.2. The summed E-state index contributed by atoms with van der Waals surface area (Å²) >= 11 is 1.69. The van der Waals surface area contributed by atoms with Crippen LogP contribution in [0.5, 0.6) is 0 Å². The van der Waals surface area contributed by atoms with Crippen molar-refractivity contribution < 1.29 is 14.7 Å². The molecular formula is C14H23NO3S. The highest BCUT2D eigenvalue weighted by Gasteiger charge is 2.43. The van der Waals surface area contributed by atoms with Gasteiger partial charge in [-0.05, 0) is 38.4 Å². The van der Waals surface area contributed by atoms with Crippen LogP contribution in [0.15, 0.2) is 0 Å². The van der Waals surface area contributed by atoms with E-state index in [1.54, 1.807) is 16.7 Å². The average molecular weight is 285 g/mol. The zero-order chi connectivity index (χ0) is 13.9. The lowest BCUT2D eigenvalue weighted by atomic mass is 9.98. The molecule has 5 heteroatoms. The number of carbonyl (C=O) groups excluding carboxylic acids is 1. The maximum Gasteiger partial charge on any atom is 0.326 e. The largest absolute Gasteiger partial charge is 0.480 e. The van der Waals surface area contributed by atoms with Crippen LogP contribution in [0.4, 0.5) is 0 Å². The number of hydrogen-bond donors (Lipinski definition) is 1. The SMILES string of the molecule is CC1(C(=O)N2CCCCCCC2C(=O)O)CCCS1. The number of thioether (sulfide) groups is 1. The van der Waals surface area contributed by atoms with Crippen molar-refractivity contribution in [2.24, 2.45) is 0 Å². The smallest absolute Gasteiger partial charge is 0.326 e. The minimum atomic E-state index is -0.846. The third kappa shape index (κ3) is 3.25. The second-order valence-corrected chi connectivity index (χ2v) is 7.34. The molecule has 0 bridgehead atoms. The van der Waals surface area contributed by atoms with Crippen molar-refractivity contribution in [1.29, 1.82) is 0 Å². The second kappa shape index (κ2) is 6.16. The zero-order valence-electron chi connectivity index (χ0n) is 11.6. The summed E-state index contributed by atoms with van der Waals surface area (Å²) in [6.07, 6.45) is 6.54. The second-order valence-electron chi connectivity index (χ2n) is 5.74. The minimum Gasteiger partial charge on any atom is -0.480 e. The van der Waals surface area contributed by atoms with E-state index in [2.05, 4.69) is 0 Å². The van der Waals surface area contributed by atoms with E-state index in [4.69, 9.17) is 0 Å². The minimum absolute atomic E-state index is 0.0456. The molecule has 0 aromatic carbocycles. The third-order valence-corrected chi connectivity index (χ3v) is 5.73. The first kappa shape index (κ1) is 14.7. The Bertz CT molecular complexity index is 353. The van der Waals surface area contributed by atoms with Gasteiger partial charge in [0, 0.05) is 6.54 Å². The molecule has 1 N–H and O–H groups in total. The van der Waals surface area contributed by atoms with E-state index >= 15 is 0 Å². The Morgan fingerprint density at radius 3 is 2.58 bits per heavy atom. The predicted molar refractivity (Wildman–Crippen MR) is 76.3 cm³/mol. The molecule has 2 fully saturated rings. The summed E-state index contributed by atoms with van der Waals surface area (Å²) in [5.41, 5.74) is 0. The number of aliphatic carboxylic acids is 1. The van der Waals surface area contributed by atoms with Crippen LogP contribution in [0.25, 0.3) is 0 Å². The molecule has 0 saturated carbocycles. The standard InChI is InChI=1S/C14H23NO3S/c1-14(8-6-10-19-14)13(18)15-9-5-3-2-4-7-11(15)12(16)17/h11H,2-10H2,1H3,(H,16,17). The van der Waals surface area contributed by atoms with Crippen molar-refractivity contribution in [3.8, 4) is 0 Å². The fourth-order valence-corrected chi connectivity index (χ4v) is 4.31. The van der Waals surface area contributed by atoms with Crippen LogP contribution < -0.4 is 0 Å². The lowest BCUT2D eigenvalue weighted by Crippen LogP contribution is -2.52. The molecule has 1 amide bonds. The number of carboxylic acids is 1.